The number of halogens is 1. The number of amides is 2. The topological polar surface area (TPSA) is 67.4 Å². The fourth-order valence-corrected chi connectivity index (χ4v) is 2.69. The molecule has 5 nitrogen and oxygen atoms in total. The van der Waals surface area contributed by atoms with Gasteiger partial charge in [-0.05, 0) is 61.0 Å². The molecule has 0 spiro atoms. The first-order valence-electron chi connectivity index (χ1n) is 9.17. The van der Waals surface area contributed by atoms with Crippen molar-refractivity contribution >= 4 is 11.8 Å². The molecule has 3 rings (SSSR count). The van der Waals surface area contributed by atoms with Gasteiger partial charge in [-0.25, -0.2) is 4.39 Å². The lowest BCUT2D eigenvalue weighted by Gasteiger charge is -2.14. The maximum Gasteiger partial charge on any atom is 0.251 e. The Morgan fingerprint density at radius 3 is 2.17 bits per heavy atom. The number of hydrogen-bond acceptors (Lipinski definition) is 3. The third-order valence-corrected chi connectivity index (χ3v) is 4.25. The molecule has 0 saturated carbocycles. The van der Waals surface area contributed by atoms with Crippen molar-refractivity contribution in [3.8, 4) is 11.5 Å². The summed E-state index contributed by atoms with van der Waals surface area (Å²) in [5.41, 5.74) is 1.20. The predicted molar refractivity (Wildman–Crippen MR) is 108 cm³/mol. The summed E-state index contributed by atoms with van der Waals surface area (Å²) < 4.78 is 18.7. The van der Waals surface area contributed by atoms with Gasteiger partial charge in [0.1, 0.15) is 17.3 Å². The molecule has 0 radical (unpaired) electrons. The molecule has 1 atom stereocenters. The minimum atomic E-state index is -0.360. The van der Waals surface area contributed by atoms with Crippen LogP contribution in [0, 0.1) is 5.82 Å². The highest BCUT2D eigenvalue weighted by Gasteiger charge is 2.12. The monoisotopic (exact) mass is 392 g/mol. The van der Waals surface area contributed by atoms with Gasteiger partial charge in [0.2, 0.25) is 5.91 Å². The number of nitrogens with one attached hydrogen (secondary N) is 2. The zero-order chi connectivity index (χ0) is 20.6. The summed E-state index contributed by atoms with van der Waals surface area (Å²) in [6.45, 7) is 1.63. The Kier molecular flexibility index (Phi) is 6.58. The average Bonchev–Trinajstić information content (AvgIpc) is 2.74. The summed E-state index contributed by atoms with van der Waals surface area (Å²) in [6, 6.07) is 21.6. The molecule has 0 aromatic heterocycles. The molecule has 0 bridgehead atoms. The lowest BCUT2D eigenvalue weighted by atomic mass is 10.1. The van der Waals surface area contributed by atoms with Gasteiger partial charge in [0.05, 0.1) is 12.6 Å². The molecule has 3 aromatic carbocycles. The molecule has 3 aromatic rings. The number of para-hydroxylation sites is 1. The van der Waals surface area contributed by atoms with Gasteiger partial charge >= 0.3 is 0 Å². The second-order valence-electron chi connectivity index (χ2n) is 6.46. The van der Waals surface area contributed by atoms with Gasteiger partial charge in [-0.15, -0.1) is 0 Å². The van der Waals surface area contributed by atoms with E-state index in [1.54, 1.807) is 43.3 Å². The van der Waals surface area contributed by atoms with Crippen molar-refractivity contribution in [2.75, 3.05) is 6.54 Å². The summed E-state index contributed by atoms with van der Waals surface area (Å²) in [4.78, 5) is 24.3. The van der Waals surface area contributed by atoms with Crippen molar-refractivity contribution in [1.82, 2.24) is 10.6 Å². The Morgan fingerprint density at radius 2 is 1.52 bits per heavy atom. The zero-order valence-electron chi connectivity index (χ0n) is 15.9. The Morgan fingerprint density at radius 1 is 0.897 bits per heavy atom. The third kappa shape index (κ3) is 5.90. The first-order chi connectivity index (χ1) is 14.0. The Balaban J connectivity index is 1.48. The molecular weight excluding hydrogens is 371 g/mol. The first-order valence-corrected chi connectivity index (χ1v) is 9.17. The molecule has 148 valence electrons. The Bertz CT molecular complexity index is 958. The van der Waals surface area contributed by atoms with Gasteiger partial charge < -0.3 is 15.4 Å². The summed E-state index contributed by atoms with van der Waals surface area (Å²) in [5, 5.41) is 5.34. The van der Waals surface area contributed by atoms with Gasteiger partial charge in [0.15, 0.2) is 0 Å². The molecule has 0 heterocycles. The van der Waals surface area contributed by atoms with E-state index < -0.39 is 0 Å². The summed E-state index contributed by atoms with van der Waals surface area (Å²) >= 11 is 0. The number of carbonyl (C=O) groups is 2. The van der Waals surface area contributed by atoms with Crippen molar-refractivity contribution < 1.29 is 18.7 Å². The van der Waals surface area contributed by atoms with E-state index in [9.17, 15) is 14.0 Å². The highest BCUT2D eigenvalue weighted by molar-refractivity contribution is 5.96. The van der Waals surface area contributed by atoms with Gasteiger partial charge in [-0.2, -0.15) is 0 Å². The Hall–Kier alpha value is -3.67. The molecule has 0 unspecified atom stereocenters. The number of rotatable bonds is 7. The first kappa shape index (κ1) is 20.1. The van der Waals surface area contributed by atoms with Crippen LogP contribution in [0.15, 0.2) is 78.9 Å². The SMILES string of the molecule is C[C@@H](NC(=O)CNC(=O)c1ccc(Oc2ccccc2)cc1)c1ccc(F)cc1. The smallest absolute Gasteiger partial charge is 0.251 e. The van der Waals surface area contributed by atoms with Crippen LogP contribution in [0.25, 0.3) is 0 Å². The minimum Gasteiger partial charge on any atom is -0.457 e. The molecule has 0 aliphatic heterocycles. The molecule has 0 saturated heterocycles. The summed E-state index contributed by atoms with van der Waals surface area (Å²) in [6.07, 6.45) is 0. The standard InChI is InChI=1S/C23H21FN2O3/c1-16(17-7-11-19(24)12-8-17)26-22(27)15-25-23(28)18-9-13-21(14-10-18)29-20-5-3-2-4-6-20/h2-14,16H,15H2,1H3,(H,25,28)(H,26,27)/t16-/m1/s1. The van der Waals surface area contributed by atoms with E-state index in [1.807, 2.05) is 30.3 Å². The lowest BCUT2D eigenvalue weighted by Crippen LogP contribution is -2.38. The summed E-state index contributed by atoms with van der Waals surface area (Å²) in [7, 11) is 0. The second kappa shape index (κ2) is 9.50. The van der Waals surface area contributed by atoms with E-state index in [-0.39, 0.29) is 30.2 Å². The fraction of sp³-hybridized carbons (Fsp3) is 0.130. The molecule has 0 aliphatic rings. The lowest BCUT2D eigenvalue weighted by molar-refractivity contribution is -0.120. The largest absolute Gasteiger partial charge is 0.457 e. The molecule has 29 heavy (non-hydrogen) atoms. The van der Waals surface area contributed by atoms with E-state index in [0.717, 1.165) is 5.56 Å². The van der Waals surface area contributed by atoms with Crippen molar-refractivity contribution in [3.05, 3.63) is 95.8 Å². The highest BCUT2D eigenvalue weighted by Crippen LogP contribution is 2.21. The van der Waals surface area contributed by atoms with Gasteiger partial charge in [-0.3, -0.25) is 9.59 Å². The van der Waals surface area contributed by atoms with Crippen LogP contribution in [-0.2, 0) is 4.79 Å². The average molecular weight is 392 g/mol. The van der Waals surface area contributed by atoms with Crippen molar-refractivity contribution in [1.29, 1.82) is 0 Å². The molecule has 2 amide bonds. The maximum absolute atomic E-state index is 13.0. The molecule has 2 N–H and O–H groups in total. The fourth-order valence-electron chi connectivity index (χ4n) is 2.69. The quantitative estimate of drug-likeness (QED) is 0.632. The maximum atomic E-state index is 13.0. The van der Waals surface area contributed by atoms with E-state index in [0.29, 0.717) is 17.1 Å². The van der Waals surface area contributed by atoms with Crippen LogP contribution in [0.5, 0.6) is 11.5 Å². The van der Waals surface area contributed by atoms with Crippen LogP contribution in [0.4, 0.5) is 4.39 Å². The number of ether oxygens (including phenoxy) is 1. The van der Waals surface area contributed by atoms with Gasteiger partial charge in [0, 0.05) is 5.56 Å². The van der Waals surface area contributed by atoms with Gasteiger partial charge in [0.25, 0.3) is 5.91 Å². The van der Waals surface area contributed by atoms with E-state index in [2.05, 4.69) is 10.6 Å². The number of benzene rings is 3. The van der Waals surface area contributed by atoms with E-state index >= 15 is 0 Å². The predicted octanol–water partition coefficient (Wildman–Crippen LogP) is 4.23. The third-order valence-electron chi connectivity index (χ3n) is 4.25. The molecule has 6 heteroatoms. The molecule has 0 aliphatic carbocycles. The minimum absolute atomic E-state index is 0.160. The normalized spacial score (nSPS) is 11.4. The van der Waals surface area contributed by atoms with Crippen molar-refractivity contribution in [2.45, 2.75) is 13.0 Å². The van der Waals surface area contributed by atoms with E-state index in [4.69, 9.17) is 4.74 Å². The Labute approximate surface area is 168 Å². The van der Waals surface area contributed by atoms with Crippen LogP contribution < -0.4 is 15.4 Å². The highest BCUT2D eigenvalue weighted by atomic mass is 19.1. The van der Waals surface area contributed by atoms with E-state index in [1.165, 1.54) is 12.1 Å². The molecular formula is C23H21FN2O3. The van der Waals surface area contributed by atoms with Crippen LogP contribution >= 0.6 is 0 Å². The number of carbonyl (C=O) groups excluding carboxylic acids is 2. The van der Waals surface area contributed by atoms with Crippen molar-refractivity contribution in [2.24, 2.45) is 0 Å². The van der Waals surface area contributed by atoms with Gasteiger partial charge in [-0.1, -0.05) is 30.3 Å². The molecule has 0 fully saturated rings. The van der Waals surface area contributed by atoms with Crippen LogP contribution in [-0.4, -0.2) is 18.4 Å². The van der Waals surface area contributed by atoms with Crippen LogP contribution in [0.3, 0.4) is 0 Å². The zero-order valence-corrected chi connectivity index (χ0v) is 15.9. The summed E-state index contributed by atoms with van der Waals surface area (Å²) in [5.74, 6) is 0.287. The van der Waals surface area contributed by atoms with Crippen LogP contribution in [0.1, 0.15) is 28.9 Å². The second-order valence-corrected chi connectivity index (χ2v) is 6.46. The number of hydrogen-bond donors (Lipinski definition) is 2. The van der Waals surface area contributed by atoms with Crippen LogP contribution in [0.2, 0.25) is 0 Å². The van der Waals surface area contributed by atoms with Crippen molar-refractivity contribution in [3.63, 3.8) is 0 Å².